The smallest absolute Gasteiger partial charge is 0.152 e. The summed E-state index contributed by atoms with van der Waals surface area (Å²) >= 11 is 0. The van der Waals surface area contributed by atoms with Crippen LogP contribution in [0, 0.1) is 5.41 Å². The van der Waals surface area contributed by atoms with Crippen LogP contribution in [0.3, 0.4) is 0 Å². The van der Waals surface area contributed by atoms with E-state index in [0.29, 0.717) is 19.4 Å². The summed E-state index contributed by atoms with van der Waals surface area (Å²) in [5.41, 5.74) is -2.54. The van der Waals surface area contributed by atoms with Gasteiger partial charge in [-0.15, -0.1) is 0 Å². The van der Waals surface area contributed by atoms with Gasteiger partial charge in [-0.3, -0.25) is 4.79 Å². The van der Waals surface area contributed by atoms with Crippen molar-refractivity contribution in [3.8, 4) is 0 Å². The molecule has 17 heavy (non-hydrogen) atoms. The van der Waals surface area contributed by atoms with Crippen LogP contribution in [0.5, 0.6) is 0 Å². The van der Waals surface area contributed by atoms with E-state index in [1.165, 1.54) is 13.0 Å². The lowest BCUT2D eigenvalue weighted by atomic mass is 9.59. The second kappa shape index (κ2) is 3.64. The average molecular weight is 240 g/mol. The lowest BCUT2D eigenvalue weighted by molar-refractivity contribution is -0.150. The predicted molar refractivity (Wildman–Crippen MR) is 62.5 cm³/mol. The molecule has 1 heterocycles. The van der Waals surface area contributed by atoms with Gasteiger partial charge in [-0.05, 0) is 32.4 Å². The van der Waals surface area contributed by atoms with Crippen LogP contribution >= 0.6 is 0 Å². The van der Waals surface area contributed by atoms with Crippen LogP contribution in [0.25, 0.3) is 0 Å². The molecule has 1 saturated heterocycles. The van der Waals surface area contributed by atoms with Gasteiger partial charge < -0.3 is 14.9 Å². The highest BCUT2D eigenvalue weighted by Gasteiger charge is 2.67. The zero-order chi connectivity index (χ0) is 12.9. The molecule has 1 saturated carbocycles. The highest BCUT2D eigenvalue weighted by Crippen LogP contribution is 2.57. The third-order valence-corrected chi connectivity index (χ3v) is 4.31. The fourth-order valence-corrected chi connectivity index (χ4v) is 3.26. The summed E-state index contributed by atoms with van der Waals surface area (Å²) in [5, 5.41) is 20.7. The van der Waals surface area contributed by atoms with Crippen LogP contribution in [-0.4, -0.2) is 39.9 Å². The third-order valence-electron chi connectivity index (χ3n) is 4.31. The molecular formula is C13H20O4. The summed E-state index contributed by atoms with van der Waals surface area (Å²) in [6.45, 7) is 5.54. The molecule has 2 rings (SSSR count). The van der Waals surface area contributed by atoms with E-state index >= 15 is 0 Å². The molecule has 4 nitrogen and oxygen atoms in total. The minimum atomic E-state index is -1.19. The van der Waals surface area contributed by atoms with Crippen molar-refractivity contribution in [2.75, 3.05) is 6.61 Å². The molecule has 0 aromatic rings. The van der Waals surface area contributed by atoms with Gasteiger partial charge in [0.05, 0.1) is 12.7 Å². The van der Waals surface area contributed by atoms with Crippen molar-refractivity contribution in [2.45, 2.75) is 50.9 Å². The number of ketones is 1. The lowest BCUT2D eigenvalue weighted by Crippen LogP contribution is -2.61. The number of carbonyl (C=O) groups is 1. The summed E-state index contributed by atoms with van der Waals surface area (Å²) in [7, 11) is 0. The first-order valence-corrected chi connectivity index (χ1v) is 5.97. The number of hydrogen-bond acceptors (Lipinski definition) is 4. The molecule has 0 aromatic heterocycles. The number of fused-ring (bicyclic) bond motifs is 2. The molecule has 4 atom stereocenters. The Morgan fingerprint density at radius 1 is 1.41 bits per heavy atom. The van der Waals surface area contributed by atoms with Gasteiger partial charge >= 0.3 is 0 Å². The van der Waals surface area contributed by atoms with Crippen LogP contribution in [0.1, 0.15) is 33.6 Å². The molecule has 96 valence electrons. The maximum Gasteiger partial charge on any atom is 0.152 e. The number of rotatable bonds is 2. The minimum Gasteiger partial charge on any atom is -0.393 e. The van der Waals surface area contributed by atoms with Gasteiger partial charge in [-0.2, -0.15) is 0 Å². The zero-order valence-corrected chi connectivity index (χ0v) is 10.6. The molecule has 2 fully saturated rings. The first-order valence-electron chi connectivity index (χ1n) is 5.97. The first kappa shape index (κ1) is 12.7. The van der Waals surface area contributed by atoms with Crippen molar-refractivity contribution >= 4 is 5.78 Å². The van der Waals surface area contributed by atoms with E-state index in [1.807, 2.05) is 6.92 Å². The number of allylic oxidation sites excluding steroid dienone is 1. The van der Waals surface area contributed by atoms with E-state index in [2.05, 4.69) is 0 Å². The summed E-state index contributed by atoms with van der Waals surface area (Å²) in [6.07, 6.45) is 3.36. The number of carbonyl (C=O) groups excluding carboxylic acids is 1. The Labute approximate surface area is 101 Å². The SMILES string of the molecule is CC(=O)/C=C\[C@]1(O)[C@@]2(C)CO[C@]1(C)C[C@@H](O)C2. The molecule has 0 aromatic carbocycles. The zero-order valence-electron chi connectivity index (χ0n) is 10.6. The van der Waals surface area contributed by atoms with E-state index < -0.39 is 22.7 Å². The average Bonchev–Trinajstić information content (AvgIpc) is 2.33. The number of ether oxygens (including phenoxy) is 1. The second-order valence-corrected chi connectivity index (χ2v) is 5.85. The molecule has 0 unspecified atom stereocenters. The fraction of sp³-hybridized carbons (Fsp3) is 0.769. The Balaban J connectivity index is 2.42. The number of aliphatic hydroxyl groups excluding tert-OH is 1. The summed E-state index contributed by atoms with van der Waals surface area (Å²) in [4.78, 5) is 11.0. The molecule has 2 aliphatic rings. The molecule has 0 radical (unpaired) electrons. The largest absolute Gasteiger partial charge is 0.393 e. The van der Waals surface area contributed by atoms with Gasteiger partial charge in [0.25, 0.3) is 0 Å². The normalized spacial score (nSPS) is 49.8. The molecular weight excluding hydrogens is 220 g/mol. The number of hydrogen-bond donors (Lipinski definition) is 2. The summed E-state index contributed by atoms with van der Waals surface area (Å²) in [6, 6.07) is 0. The maximum atomic E-state index is 11.0. The molecule has 2 N–H and O–H groups in total. The third kappa shape index (κ3) is 1.66. The van der Waals surface area contributed by atoms with Crippen LogP contribution in [0.15, 0.2) is 12.2 Å². The van der Waals surface area contributed by atoms with E-state index in [9.17, 15) is 15.0 Å². The van der Waals surface area contributed by atoms with Crippen molar-refractivity contribution in [2.24, 2.45) is 5.41 Å². The Morgan fingerprint density at radius 2 is 2.06 bits per heavy atom. The lowest BCUT2D eigenvalue weighted by Gasteiger charge is -2.49. The van der Waals surface area contributed by atoms with Crippen molar-refractivity contribution in [3.05, 3.63) is 12.2 Å². The van der Waals surface area contributed by atoms with E-state index in [4.69, 9.17) is 4.74 Å². The van der Waals surface area contributed by atoms with Gasteiger partial charge in [0, 0.05) is 11.8 Å². The van der Waals surface area contributed by atoms with E-state index in [0.717, 1.165) is 0 Å². The molecule has 1 aliphatic heterocycles. The van der Waals surface area contributed by atoms with Crippen molar-refractivity contribution in [1.82, 2.24) is 0 Å². The molecule has 0 spiro atoms. The minimum absolute atomic E-state index is 0.101. The van der Waals surface area contributed by atoms with Crippen molar-refractivity contribution < 1.29 is 19.7 Å². The highest BCUT2D eigenvalue weighted by atomic mass is 16.5. The monoisotopic (exact) mass is 240 g/mol. The molecule has 1 aliphatic carbocycles. The van der Waals surface area contributed by atoms with Crippen molar-refractivity contribution in [1.29, 1.82) is 0 Å². The molecule has 0 amide bonds. The quantitative estimate of drug-likeness (QED) is 0.701. The Kier molecular flexibility index (Phi) is 2.73. The first-order chi connectivity index (χ1) is 7.72. The Hall–Kier alpha value is -0.710. The molecule has 2 bridgehead atoms. The maximum absolute atomic E-state index is 11.0. The van der Waals surface area contributed by atoms with Gasteiger partial charge in [0.1, 0.15) is 11.2 Å². The van der Waals surface area contributed by atoms with Gasteiger partial charge in [0.15, 0.2) is 5.78 Å². The van der Waals surface area contributed by atoms with Gasteiger partial charge in [-0.25, -0.2) is 0 Å². The molecule has 4 heteroatoms. The van der Waals surface area contributed by atoms with Gasteiger partial charge in [-0.1, -0.05) is 6.92 Å². The Bertz CT molecular complexity index is 356. The van der Waals surface area contributed by atoms with Crippen LogP contribution in [0.2, 0.25) is 0 Å². The van der Waals surface area contributed by atoms with Crippen molar-refractivity contribution in [3.63, 3.8) is 0 Å². The van der Waals surface area contributed by atoms with Gasteiger partial charge in [0.2, 0.25) is 0 Å². The van der Waals surface area contributed by atoms with E-state index in [1.54, 1.807) is 13.0 Å². The van der Waals surface area contributed by atoms with Crippen LogP contribution in [-0.2, 0) is 9.53 Å². The number of aliphatic hydroxyl groups is 2. The van der Waals surface area contributed by atoms with E-state index in [-0.39, 0.29) is 5.78 Å². The van der Waals surface area contributed by atoms with Crippen LogP contribution < -0.4 is 0 Å². The topological polar surface area (TPSA) is 66.8 Å². The highest BCUT2D eigenvalue weighted by molar-refractivity contribution is 5.87. The summed E-state index contributed by atoms with van der Waals surface area (Å²) in [5.74, 6) is -0.101. The fourth-order valence-electron chi connectivity index (χ4n) is 3.26. The Morgan fingerprint density at radius 3 is 2.59 bits per heavy atom. The standard InChI is InChI=1S/C13H20O4/c1-9(14)4-5-13(16)11(2)6-10(15)7-12(13,3)17-8-11/h4-5,10,15-16H,6-8H2,1-3H3/b5-4-/t10-,11+,12+,13-/m0/s1. The second-order valence-electron chi connectivity index (χ2n) is 5.85. The predicted octanol–water partition coefficient (Wildman–Crippen LogP) is 0.813. The van der Waals surface area contributed by atoms with Crippen LogP contribution in [0.4, 0.5) is 0 Å². The summed E-state index contributed by atoms with van der Waals surface area (Å²) < 4.78 is 5.71.